The first-order chi connectivity index (χ1) is 10.6. The summed E-state index contributed by atoms with van der Waals surface area (Å²) < 4.78 is 29.5. The summed E-state index contributed by atoms with van der Waals surface area (Å²) in [6.07, 6.45) is 2.52. The largest absolute Gasteiger partial charge is 0.434 e. The molecule has 0 saturated heterocycles. The molecule has 130 valence electrons. The molecule has 1 aliphatic carbocycles. The third-order valence-corrected chi connectivity index (χ3v) is 3.44. The molecule has 1 aromatic rings. The van der Waals surface area contributed by atoms with Crippen molar-refractivity contribution in [2.75, 3.05) is 13.1 Å². The van der Waals surface area contributed by atoms with Crippen LogP contribution < -0.4 is 15.4 Å². The number of benzene rings is 1. The van der Waals surface area contributed by atoms with Gasteiger partial charge < -0.3 is 15.4 Å². The second-order valence-corrected chi connectivity index (χ2v) is 5.51. The molecular formula is C16H24F2IN3O. The molecule has 0 atom stereocenters. The van der Waals surface area contributed by atoms with Crippen LogP contribution in [0.4, 0.5) is 8.78 Å². The van der Waals surface area contributed by atoms with E-state index in [1.54, 1.807) is 12.1 Å². The lowest BCUT2D eigenvalue weighted by Crippen LogP contribution is -2.38. The Balaban J connectivity index is 0.00000264. The van der Waals surface area contributed by atoms with E-state index in [4.69, 9.17) is 0 Å². The molecule has 0 heterocycles. The third kappa shape index (κ3) is 7.32. The number of ether oxygens (including phenoxy) is 1. The molecule has 4 nitrogen and oxygen atoms in total. The van der Waals surface area contributed by atoms with Crippen molar-refractivity contribution in [3.63, 3.8) is 0 Å². The van der Waals surface area contributed by atoms with Crippen molar-refractivity contribution in [1.82, 2.24) is 10.6 Å². The van der Waals surface area contributed by atoms with E-state index in [0.717, 1.165) is 24.6 Å². The first kappa shape index (κ1) is 19.9. The lowest BCUT2D eigenvalue weighted by atomic mass is 10.1. The zero-order valence-corrected chi connectivity index (χ0v) is 15.8. The van der Waals surface area contributed by atoms with Gasteiger partial charge in [-0.2, -0.15) is 8.78 Å². The number of aliphatic imine (C=N–C) groups is 1. The molecule has 1 aliphatic rings. The van der Waals surface area contributed by atoms with Gasteiger partial charge in [0.05, 0.1) is 6.54 Å². The van der Waals surface area contributed by atoms with Gasteiger partial charge in [-0.15, -0.1) is 24.0 Å². The number of halogens is 3. The fourth-order valence-corrected chi connectivity index (χ4v) is 2.11. The zero-order chi connectivity index (χ0) is 15.9. The maximum absolute atomic E-state index is 12.5. The molecule has 1 saturated carbocycles. The van der Waals surface area contributed by atoms with Crippen molar-refractivity contribution in [2.24, 2.45) is 10.9 Å². The van der Waals surface area contributed by atoms with Crippen LogP contribution in [0.15, 0.2) is 23.2 Å². The first-order valence-corrected chi connectivity index (χ1v) is 7.65. The quantitative estimate of drug-likeness (QED) is 0.387. The van der Waals surface area contributed by atoms with Gasteiger partial charge >= 0.3 is 6.61 Å². The fraction of sp³-hybridized carbons (Fsp3) is 0.562. The molecule has 0 unspecified atom stereocenters. The summed E-state index contributed by atoms with van der Waals surface area (Å²) in [5, 5.41) is 6.44. The minimum Gasteiger partial charge on any atom is -0.434 e. The van der Waals surface area contributed by atoms with Crippen LogP contribution in [0.25, 0.3) is 0 Å². The molecule has 0 bridgehead atoms. The van der Waals surface area contributed by atoms with Gasteiger partial charge in [0, 0.05) is 18.7 Å². The molecule has 1 fully saturated rings. The molecule has 1 aromatic carbocycles. The molecule has 7 heteroatoms. The van der Waals surface area contributed by atoms with Gasteiger partial charge in [-0.3, -0.25) is 0 Å². The number of hydrogen-bond acceptors (Lipinski definition) is 2. The van der Waals surface area contributed by atoms with Gasteiger partial charge in [-0.25, -0.2) is 4.99 Å². The minimum absolute atomic E-state index is 0. The summed E-state index contributed by atoms with van der Waals surface area (Å²) in [6.45, 7) is 3.03. The van der Waals surface area contributed by atoms with E-state index in [2.05, 4.69) is 20.4 Å². The molecular weight excluding hydrogens is 415 g/mol. The van der Waals surface area contributed by atoms with Crippen LogP contribution in [-0.2, 0) is 6.54 Å². The Morgan fingerprint density at radius 1 is 1.35 bits per heavy atom. The highest BCUT2D eigenvalue weighted by molar-refractivity contribution is 14.0. The minimum atomic E-state index is -2.83. The number of nitrogens with zero attached hydrogens (tertiary/aromatic N) is 1. The van der Waals surface area contributed by atoms with Gasteiger partial charge in [-0.05, 0) is 38.7 Å². The monoisotopic (exact) mass is 439 g/mol. The van der Waals surface area contributed by atoms with E-state index in [0.29, 0.717) is 18.1 Å². The van der Waals surface area contributed by atoms with Gasteiger partial charge in [0.25, 0.3) is 0 Å². The number of alkyl halides is 2. The summed E-state index contributed by atoms with van der Waals surface area (Å²) >= 11 is 0. The number of hydrogen-bond donors (Lipinski definition) is 2. The van der Waals surface area contributed by atoms with E-state index in [-0.39, 0.29) is 29.7 Å². The standard InChI is InChI=1S/C16H23F2N3O.HI/c1-3-19-16(20-9-12-5-6-12)21-10-13-8-11(2)4-7-14(13)22-15(17)18;/h4,7-8,12,15H,3,5-6,9-10H2,1-2H3,(H2,19,20,21);1H. The Hall–Kier alpha value is -1.12. The highest BCUT2D eigenvalue weighted by Crippen LogP contribution is 2.27. The smallest absolute Gasteiger partial charge is 0.387 e. The first-order valence-electron chi connectivity index (χ1n) is 7.65. The zero-order valence-electron chi connectivity index (χ0n) is 13.4. The van der Waals surface area contributed by atoms with Gasteiger partial charge in [0.2, 0.25) is 0 Å². The molecule has 0 radical (unpaired) electrons. The highest BCUT2D eigenvalue weighted by Gasteiger charge is 2.21. The summed E-state index contributed by atoms with van der Waals surface area (Å²) in [5.74, 6) is 1.63. The number of guanidine groups is 1. The summed E-state index contributed by atoms with van der Waals surface area (Å²) in [6, 6.07) is 5.14. The summed E-state index contributed by atoms with van der Waals surface area (Å²) in [5.41, 5.74) is 1.65. The SMILES string of the molecule is CCNC(=NCc1cc(C)ccc1OC(F)F)NCC1CC1.I. The topological polar surface area (TPSA) is 45.7 Å². The number of rotatable bonds is 7. The van der Waals surface area contributed by atoms with Crippen LogP contribution in [0, 0.1) is 12.8 Å². The van der Waals surface area contributed by atoms with Crippen LogP contribution in [-0.4, -0.2) is 25.7 Å². The van der Waals surface area contributed by atoms with Crippen LogP contribution >= 0.6 is 24.0 Å². The second-order valence-electron chi connectivity index (χ2n) is 5.51. The molecule has 0 aliphatic heterocycles. The van der Waals surface area contributed by atoms with E-state index in [1.165, 1.54) is 12.8 Å². The van der Waals surface area contributed by atoms with Crippen LogP contribution in [0.5, 0.6) is 5.75 Å². The van der Waals surface area contributed by atoms with Crippen LogP contribution in [0.1, 0.15) is 30.9 Å². The molecule has 0 aromatic heterocycles. The molecule has 23 heavy (non-hydrogen) atoms. The Kier molecular flexibility index (Phi) is 8.57. The predicted molar refractivity (Wildman–Crippen MR) is 98.8 cm³/mol. The van der Waals surface area contributed by atoms with Gasteiger partial charge in [-0.1, -0.05) is 17.7 Å². The van der Waals surface area contributed by atoms with E-state index < -0.39 is 6.61 Å². The van der Waals surface area contributed by atoms with Crippen LogP contribution in [0.2, 0.25) is 0 Å². The third-order valence-electron chi connectivity index (χ3n) is 3.44. The Morgan fingerprint density at radius 3 is 2.70 bits per heavy atom. The maximum atomic E-state index is 12.5. The molecule has 0 spiro atoms. The normalized spacial score (nSPS) is 14.4. The lowest BCUT2D eigenvalue weighted by molar-refractivity contribution is -0.0504. The summed E-state index contributed by atoms with van der Waals surface area (Å²) in [7, 11) is 0. The van der Waals surface area contributed by atoms with Crippen molar-refractivity contribution < 1.29 is 13.5 Å². The predicted octanol–water partition coefficient (Wildman–Crippen LogP) is 3.68. The Morgan fingerprint density at radius 2 is 2.09 bits per heavy atom. The van der Waals surface area contributed by atoms with Crippen molar-refractivity contribution in [3.8, 4) is 5.75 Å². The average Bonchev–Trinajstić information content (AvgIpc) is 3.28. The van der Waals surface area contributed by atoms with E-state index in [9.17, 15) is 8.78 Å². The summed E-state index contributed by atoms with van der Waals surface area (Å²) in [4.78, 5) is 4.46. The van der Waals surface area contributed by atoms with Crippen molar-refractivity contribution in [3.05, 3.63) is 29.3 Å². The highest BCUT2D eigenvalue weighted by atomic mass is 127. The number of aryl methyl sites for hydroxylation is 1. The lowest BCUT2D eigenvalue weighted by Gasteiger charge is -2.13. The molecule has 0 amide bonds. The Bertz CT molecular complexity index is 522. The van der Waals surface area contributed by atoms with Crippen molar-refractivity contribution >= 4 is 29.9 Å². The fourth-order valence-electron chi connectivity index (χ4n) is 2.11. The second kappa shape index (κ2) is 9.89. The van der Waals surface area contributed by atoms with Crippen LogP contribution in [0.3, 0.4) is 0 Å². The average molecular weight is 439 g/mol. The Labute approximate surface area is 153 Å². The molecule has 2 N–H and O–H groups in total. The molecule has 2 rings (SSSR count). The number of nitrogens with one attached hydrogen (secondary N) is 2. The maximum Gasteiger partial charge on any atom is 0.387 e. The van der Waals surface area contributed by atoms with Crippen molar-refractivity contribution in [1.29, 1.82) is 0 Å². The van der Waals surface area contributed by atoms with E-state index in [1.807, 2.05) is 19.9 Å². The van der Waals surface area contributed by atoms with Gasteiger partial charge in [0.15, 0.2) is 5.96 Å². The van der Waals surface area contributed by atoms with Gasteiger partial charge in [0.1, 0.15) is 5.75 Å². The van der Waals surface area contributed by atoms with E-state index >= 15 is 0 Å². The van der Waals surface area contributed by atoms with Crippen molar-refractivity contribution in [2.45, 2.75) is 39.8 Å².